The third kappa shape index (κ3) is 2.61. The van der Waals surface area contributed by atoms with Gasteiger partial charge in [0.1, 0.15) is 12.2 Å². The molecule has 2 heterocycles. The fraction of sp³-hybridized carbons (Fsp3) is 0.833. The Hall–Kier alpha value is -0.900. The molecule has 2 atom stereocenters. The van der Waals surface area contributed by atoms with E-state index in [1.54, 1.807) is 6.33 Å². The Labute approximate surface area is 97.5 Å². The summed E-state index contributed by atoms with van der Waals surface area (Å²) in [6, 6.07) is 1.24. The molecule has 1 aromatic heterocycles. The van der Waals surface area contributed by atoms with Crippen LogP contribution < -0.4 is 5.32 Å². The molecular weight excluding hydrogens is 200 g/mol. The van der Waals surface area contributed by atoms with E-state index in [-0.39, 0.29) is 0 Å². The molecule has 2 unspecified atom stereocenters. The maximum Gasteiger partial charge on any atom is 0.138 e. The van der Waals surface area contributed by atoms with Gasteiger partial charge < -0.3 is 5.32 Å². The molecule has 0 saturated heterocycles. The quantitative estimate of drug-likeness (QED) is 0.825. The van der Waals surface area contributed by atoms with Crippen molar-refractivity contribution in [3.63, 3.8) is 0 Å². The Kier molecular flexibility index (Phi) is 3.93. The van der Waals surface area contributed by atoms with Gasteiger partial charge in [0.25, 0.3) is 0 Å². The summed E-state index contributed by atoms with van der Waals surface area (Å²) in [5.41, 5.74) is 0. The van der Waals surface area contributed by atoms with Gasteiger partial charge in [-0.05, 0) is 19.3 Å². The van der Waals surface area contributed by atoms with Gasteiger partial charge in [0.2, 0.25) is 0 Å². The Morgan fingerprint density at radius 2 is 2.44 bits per heavy atom. The molecule has 16 heavy (non-hydrogen) atoms. The third-order valence-corrected chi connectivity index (χ3v) is 3.41. The zero-order valence-electron chi connectivity index (χ0n) is 10.3. The number of aromatic nitrogens is 3. The van der Waals surface area contributed by atoms with Crippen molar-refractivity contribution in [1.82, 2.24) is 20.1 Å². The number of hydrogen-bond donors (Lipinski definition) is 1. The second-order valence-electron chi connectivity index (χ2n) is 4.65. The van der Waals surface area contributed by atoms with E-state index in [1.165, 1.54) is 25.7 Å². The molecule has 4 nitrogen and oxygen atoms in total. The van der Waals surface area contributed by atoms with Crippen molar-refractivity contribution in [3.05, 3.63) is 12.2 Å². The van der Waals surface area contributed by atoms with Crippen molar-refractivity contribution >= 4 is 0 Å². The fourth-order valence-corrected chi connectivity index (χ4v) is 2.46. The van der Waals surface area contributed by atoms with Gasteiger partial charge >= 0.3 is 0 Å². The predicted molar refractivity (Wildman–Crippen MR) is 64.3 cm³/mol. The predicted octanol–water partition coefficient (Wildman–Crippen LogP) is 1.76. The minimum Gasteiger partial charge on any atom is -0.309 e. The van der Waals surface area contributed by atoms with Gasteiger partial charge in [-0.25, -0.2) is 9.67 Å². The Balaban J connectivity index is 1.88. The lowest BCUT2D eigenvalue weighted by Gasteiger charge is -2.28. The highest BCUT2D eigenvalue weighted by atomic mass is 15.3. The molecule has 1 aliphatic heterocycles. The summed E-state index contributed by atoms with van der Waals surface area (Å²) in [5.74, 6) is 1.14. The molecule has 1 aliphatic rings. The lowest BCUT2D eigenvalue weighted by atomic mass is 10.0. The standard InChI is InChI=1S/C12H22N4/c1-3-5-10(4-2)15-11-6-7-12-13-9-14-16(12)8-11/h9-11,15H,3-8H2,1-2H3. The first kappa shape index (κ1) is 11.6. The van der Waals surface area contributed by atoms with Crippen LogP contribution in [-0.4, -0.2) is 26.8 Å². The molecule has 0 spiro atoms. The van der Waals surface area contributed by atoms with Crippen LogP contribution in [0.5, 0.6) is 0 Å². The summed E-state index contributed by atoms with van der Waals surface area (Å²) in [5, 5.41) is 8.00. The van der Waals surface area contributed by atoms with Crippen LogP contribution in [0.3, 0.4) is 0 Å². The number of hydrogen-bond acceptors (Lipinski definition) is 3. The van der Waals surface area contributed by atoms with Gasteiger partial charge in [-0.15, -0.1) is 0 Å². The lowest BCUT2D eigenvalue weighted by Crippen LogP contribution is -2.43. The fourth-order valence-electron chi connectivity index (χ4n) is 2.46. The summed E-state index contributed by atoms with van der Waals surface area (Å²) in [4.78, 5) is 4.25. The number of nitrogens with zero attached hydrogens (tertiary/aromatic N) is 3. The zero-order valence-corrected chi connectivity index (χ0v) is 10.3. The topological polar surface area (TPSA) is 42.7 Å². The molecule has 0 radical (unpaired) electrons. The van der Waals surface area contributed by atoms with E-state index in [2.05, 4.69) is 29.2 Å². The molecule has 1 N–H and O–H groups in total. The minimum absolute atomic E-state index is 0.575. The summed E-state index contributed by atoms with van der Waals surface area (Å²) in [6.07, 6.45) is 7.67. The van der Waals surface area contributed by atoms with Gasteiger partial charge in [0.15, 0.2) is 0 Å². The molecule has 0 amide bonds. The van der Waals surface area contributed by atoms with Crippen molar-refractivity contribution in [3.8, 4) is 0 Å². The largest absolute Gasteiger partial charge is 0.309 e. The molecule has 0 bridgehead atoms. The maximum absolute atomic E-state index is 4.25. The van der Waals surface area contributed by atoms with Crippen LogP contribution in [0, 0.1) is 0 Å². The lowest BCUT2D eigenvalue weighted by molar-refractivity contribution is 0.312. The van der Waals surface area contributed by atoms with Gasteiger partial charge in [-0.3, -0.25) is 0 Å². The van der Waals surface area contributed by atoms with Crippen molar-refractivity contribution in [2.24, 2.45) is 0 Å². The van der Waals surface area contributed by atoms with Gasteiger partial charge in [0, 0.05) is 18.5 Å². The Morgan fingerprint density at radius 3 is 3.19 bits per heavy atom. The van der Waals surface area contributed by atoms with E-state index in [1.807, 2.05) is 4.68 Å². The van der Waals surface area contributed by atoms with E-state index in [0.29, 0.717) is 12.1 Å². The Bertz CT molecular complexity index is 321. The van der Waals surface area contributed by atoms with Crippen LogP contribution in [0.4, 0.5) is 0 Å². The van der Waals surface area contributed by atoms with Crippen LogP contribution in [0.1, 0.15) is 45.4 Å². The maximum atomic E-state index is 4.25. The van der Waals surface area contributed by atoms with Gasteiger partial charge in [-0.1, -0.05) is 20.3 Å². The highest BCUT2D eigenvalue weighted by Gasteiger charge is 2.21. The SMILES string of the molecule is CCCC(CC)NC1CCc2ncnn2C1. The summed E-state index contributed by atoms with van der Waals surface area (Å²) in [6.45, 7) is 5.49. The summed E-state index contributed by atoms with van der Waals surface area (Å²) in [7, 11) is 0. The highest BCUT2D eigenvalue weighted by molar-refractivity contribution is 4.92. The molecule has 0 aromatic carbocycles. The first-order chi connectivity index (χ1) is 7.83. The first-order valence-electron chi connectivity index (χ1n) is 6.46. The number of aryl methyl sites for hydroxylation is 1. The first-order valence-corrected chi connectivity index (χ1v) is 6.46. The molecule has 0 aliphatic carbocycles. The summed E-state index contributed by atoms with van der Waals surface area (Å²) >= 11 is 0. The molecule has 2 rings (SSSR count). The van der Waals surface area contributed by atoms with Crippen LogP contribution in [0.15, 0.2) is 6.33 Å². The van der Waals surface area contributed by atoms with E-state index < -0.39 is 0 Å². The minimum atomic E-state index is 0.575. The zero-order chi connectivity index (χ0) is 11.4. The van der Waals surface area contributed by atoms with Crippen molar-refractivity contribution < 1.29 is 0 Å². The van der Waals surface area contributed by atoms with Crippen molar-refractivity contribution in [2.75, 3.05) is 0 Å². The van der Waals surface area contributed by atoms with E-state index >= 15 is 0 Å². The normalized spacial score (nSPS) is 21.8. The monoisotopic (exact) mass is 222 g/mol. The van der Waals surface area contributed by atoms with E-state index in [0.717, 1.165) is 18.8 Å². The number of fused-ring (bicyclic) bond motifs is 1. The molecule has 0 saturated carbocycles. The van der Waals surface area contributed by atoms with Crippen LogP contribution in [-0.2, 0) is 13.0 Å². The molecule has 90 valence electrons. The van der Waals surface area contributed by atoms with Crippen molar-refractivity contribution in [2.45, 2.75) is 64.6 Å². The Morgan fingerprint density at radius 1 is 1.56 bits per heavy atom. The van der Waals surface area contributed by atoms with E-state index in [9.17, 15) is 0 Å². The van der Waals surface area contributed by atoms with Crippen molar-refractivity contribution in [1.29, 1.82) is 0 Å². The highest BCUT2D eigenvalue weighted by Crippen LogP contribution is 2.13. The van der Waals surface area contributed by atoms with E-state index in [4.69, 9.17) is 0 Å². The average molecular weight is 222 g/mol. The number of rotatable bonds is 5. The van der Waals surface area contributed by atoms with Gasteiger partial charge in [-0.2, -0.15) is 5.10 Å². The second kappa shape index (κ2) is 5.43. The molecular formula is C12H22N4. The smallest absolute Gasteiger partial charge is 0.138 e. The average Bonchev–Trinajstić information content (AvgIpc) is 2.75. The number of nitrogens with one attached hydrogen (secondary N) is 1. The van der Waals surface area contributed by atoms with Crippen LogP contribution >= 0.6 is 0 Å². The molecule has 1 aromatic rings. The van der Waals surface area contributed by atoms with Crippen LogP contribution in [0.2, 0.25) is 0 Å². The van der Waals surface area contributed by atoms with Gasteiger partial charge in [0.05, 0.1) is 6.54 Å². The van der Waals surface area contributed by atoms with Crippen LogP contribution in [0.25, 0.3) is 0 Å². The third-order valence-electron chi connectivity index (χ3n) is 3.41. The molecule has 4 heteroatoms. The molecule has 0 fully saturated rings. The second-order valence-corrected chi connectivity index (χ2v) is 4.65. The summed E-state index contributed by atoms with van der Waals surface area (Å²) < 4.78 is 2.04.